The average molecular weight is 210 g/mol. The molecule has 15 heavy (non-hydrogen) atoms. The molecule has 0 aliphatic rings. The number of esters is 2. The minimum absolute atomic E-state index is 0.0152. The molecule has 0 heterocycles. The molecule has 0 saturated heterocycles. The van der Waals surface area contributed by atoms with Crippen LogP contribution in [0.5, 0.6) is 5.75 Å². The molecule has 1 N–H and O–H groups in total. The van der Waals surface area contributed by atoms with Crippen molar-refractivity contribution < 1.29 is 24.2 Å². The standard InChI is InChI=1S/C10H10O5/c1-14-9(12)6-15-10(13)7-4-2-3-5-8(7)11/h2-5,11H,6H2,1H3. The molecule has 1 aromatic carbocycles. The van der Waals surface area contributed by atoms with Crippen LogP contribution >= 0.6 is 0 Å². The summed E-state index contributed by atoms with van der Waals surface area (Å²) < 4.78 is 8.88. The van der Waals surface area contributed by atoms with E-state index in [-0.39, 0.29) is 11.3 Å². The lowest BCUT2D eigenvalue weighted by Crippen LogP contribution is -2.15. The number of rotatable bonds is 3. The Morgan fingerprint density at radius 3 is 2.60 bits per heavy atom. The molecule has 0 spiro atoms. The fourth-order valence-corrected chi connectivity index (χ4v) is 0.907. The molecule has 5 nitrogen and oxygen atoms in total. The maximum atomic E-state index is 11.3. The number of para-hydroxylation sites is 1. The van der Waals surface area contributed by atoms with E-state index >= 15 is 0 Å². The lowest BCUT2D eigenvalue weighted by atomic mass is 10.2. The molecule has 1 rings (SSSR count). The Balaban J connectivity index is 2.62. The predicted molar refractivity (Wildman–Crippen MR) is 50.4 cm³/mol. The van der Waals surface area contributed by atoms with Gasteiger partial charge in [0.1, 0.15) is 11.3 Å². The van der Waals surface area contributed by atoms with E-state index in [0.717, 1.165) is 0 Å². The van der Waals surface area contributed by atoms with Gasteiger partial charge in [-0.1, -0.05) is 12.1 Å². The fourth-order valence-electron chi connectivity index (χ4n) is 0.907. The number of ether oxygens (including phenoxy) is 2. The summed E-state index contributed by atoms with van der Waals surface area (Å²) in [6.07, 6.45) is 0. The highest BCUT2D eigenvalue weighted by molar-refractivity contribution is 5.93. The summed E-state index contributed by atoms with van der Waals surface area (Å²) in [6, 6.07) is 5.91. The van der Waals surface area contributed by atoms with Gasteiger partial charge in [-0.15, -0.1) is 0 Å². The van der Waals surface area contributed by atoms with Crippen LogP contribution in [0.1, 0.15) is 10.4 Å². The summed E-state index contributed by atoms with van der Waals surface area (Å²) in [5.41, 5.74) is 0.0152. The van der Waals surface area contributed by atoms with Gasteiger partial charge in [0.05, 0.1) is 7.11 Å². The van der Waals surface area contributed by atoms with Crippen molar-refractivity contribution in [1.82, 2.24) is 0 Å². The van der Waals surface area contributed by atoms with Crippen LogP contribution in [0.4, 0.5) is 0 Å². The summed E-state index contributed by atoms with van der Waals surface area (Å²) in [6.45, 7) is -0.469. The van der Waals surface area contributed by atoms with Crippen LogP contribution in [0.25, 0.3) is 0 Å². The lowest BCUT2D eigenvalue weighted by molar-refractivity contribution is -0.144. The molecule has 0 amide bonds. The number of carbonyl (C=O) groups is 2. The largest absolute Gasteiger partial charge is 0.507 e. The monoisotopic (exact) mass is 210 g/mol. The molecule has 0 bridgehead atoms. The summed E-state index contributed by atoms with van der Waals surface area (Å²) in [4.78, 5) is 22.0. The number of carbonyl (C=O) groups excluding carboxylic acids is 2. The lowest BCUT2D eigenvalue weighted by Gasteiger charge is -2.04. The zero-order valence-electron chi connectivity index (χ0n) is 8.10. The van der Waals surface area contributed by atoms with E-state index in [2.05, 4.69) is 9.47 Å². The Kier molecular flexibility index (Phi) is 3.68. The van der Waals surface area contributed by atoms with Crippen LogP contribution in [0.15, 0.2) is 24.3 Å². The van der Waals surface area contributed by atoms with Gasteiger partial charge in [0.15, 0.2) is 6.61 Å². The van der Waals surface area contributed by atoms with Gasteiger partial charge in [-0.2, -0.15) is 0 Å². The maximum Gasteiger partial charge on any atom is 0.344 e. The van der Waals surface area contributed by atoms with E-state index in [9.17, 15) is 14.7 Å². The first-order valence-electron chi connectivity index (χ1n) is 4.17. The zero-order valence-corrected chi connectivity index (χ0v) is 8.10. The third kappa shape index (κ3) is 2.98. The average Bonchev–Trinajstić information content (AvgIpc) is 2.26. The Hall–Kier alpha value is -2.04. The summed E-state index contributed by atoms with van der Waals surface area (Å²) in [5.74, 6) is -1.61. The normalized spacial score (nSPS) is 9.40. The quantitative estimate of drug-likeness (QED) is 0.744. The van der Waals surface area contributed by atoms with Crippen molar-refractivity contribution in [2.45, 2.75) is 0 Å². The SMILES string of the molecule is COC(=O)COC(=O)c1ccccc1O. The molecule has 0 radical (unpaired) electrons. The van der Waals surface area contributed by atoms with Crippen molar-refractivity contribution in [3.05, 3.63) is 29.8 Å². The number of hydrogen-bond acceptors (Lipinski definition) is 5. The molecule has 0 atom stereocenters. The molecule has 0 aliphatic carbocycles. The predicted octanol–water partition coefficient (Wildman–Crippen LogP) is 0.722. The van der Waals surface area contributed by atoms with Crippen molar-refractivity contribution in [3.8, 4) is 5.75 Å². The first-order valence-corrected chi connectivity index (χ1v) is 4.17. The highest BCUT2D eigenvalue weighted by Gasteiger charge is 2.13. The van der Waals surface area contributed by atoms with Crippen LogP contribution in [-0.4, -0.2) is 30.8 Å². The molecule has 0 saturated carbocycles. The van der Waals surface area contributed by atoms with E-state index in [1.165, 1.54) is 19.2 Å². The van der Waals surface area contributed by atoms with Crippen molar-refractivity contribution >= 4 is 11.9 Å². The summed E-state index contributed by atoms with van der Waals surface area (Å²) in [5, 5.41) is 9.29. The van der Waals surface area contributed by atoms with E-state index in [4.69, 9.17) is 0 Å². The van der Waals surface area contributed by atoms with Gasteiger partial charge in [0, 0.05) is 0 Å². The minimum atomic E-state index is -0.765. The fraction of sp³-hybridized carbons (Fsp3) is 0.200. The van der Waals surface area contributed by atoms with Crippen molar-refractivity contribution in [2.75, 3.05) is 13.7 Å². The molecular weight excluding hydrogens is 200 g/mol. The van der Waals surface area contributed by atoms with Gasteiger partial charge in [0.2, 0.25) is 0 Å². The highest BCUT2D eigenvalue weighted by atomic mass is 16.6. The molecule has 0 aliphatic heterocycles. The van der Waals surface area contributed by atoms with Crippen LogP contribution in [0.2, 0.25) is 0 Å². The summed E-state index contributed by atoms with van der Waals surface area (Å²) in [7, 11) is 1.19. The van der Waals surface area contributed by atoms with Crippen LogP contribution in [-0.2, 0) is 14.3 Å². The van der Waals surface area contributed by atoms with E-state index in [1.54, 1.807) is 12.1 Å². The third-order valence-electron chi connectivity index (χ3n) is 1.67. The molecule has 0 aromatic heterocycles. The van der Waals surface area contributed by atoms with Gasteiger partial charge >= 0.3 is 11.9 Å². The van der Waals surface area contributed by atoms with Gasteiger partial charge in [-0.05, 0) is 12.1 Å². The molecule has 80 valence electrons. The third-order valence-corrected chi connectivity index (χ3v) is 1.67. The van der Waals surface area contributed by atoms with Crippen molar-refractivity contribution in [3.63, 3.8) is 0 Å². The topological polar surface area (TPSA) is 72.8 Å². The summed E-state index contributed by atoms with van der Waals surface area (Å²) >= 11 is 0. The molecule has 5 heteroatoms. The Labute approximate surface area is 86.2 Å². The zero-order chi connectivity index (χ0) is 11.3. The minimum Gasteiger partial charge on any atom is -0.507 e. The smallest absolute Gasteiger partial charge is 0.344 e. The number of methoxy groups -OCH3 is 1. The second-order valence-electron chi connectivity index (χ2n) is 2.67. The van der Waals surface area contributed by atoms with Gasteiger partial charge < -0.3 is 14.6 Å². The number of phenols is 1. The van der Waals surface area contributed by atoms with E-state index < -0.39 is 18.5 Å². The molecule has 1 aromatic rings. The van der Waals surface area contributed by atoms with Gasteiger partial charge in [0.25, 0.3) is 0 Å². The second-order valence-corrected chi connectivity index (χ2v) is 2.67. The van der Waals surface area contributed by atoms with Crippen molar-refractivity contribution in [1.29, 1.82) is 0 Å². The Bertz CT molecular complexity index is 372. The first kappa shape index (κ1) is 11.0. The van der Waals surface area contributed by atoms with Gasteiger partial charge in [-0.3, -0.25) is 0 Å². The molecule has 0 fully saturated rings. The molecular formula is C10H10O5. The number of phenolic OH excluding ortho intramolecular Hbond substituents is 1. The van der Waals surface area contributed by atoms with Gasteiger partial charge in [-0.25, -0.2) is 9.59 Å². The second kappa shape index (κ2) is 4.99. The number of hydrogen-bond donors (Lipinski definition) is 1. The number of benzene rings is 1. The first-order chi connectivity index (χ1) is 7.15. The van der Waals surface area contributed by atoms with Crippen LogP contribution in [0, 0.1) is 0 Å². The maximum absolute atomic E-state index is 11.3. The van der Waals surface area contributed by atoms with E-state index in [1.807, 2.05) is 0 Å². The van der Waals surface area contributed by atoms with Crippen LogP contribution < -0.4 is 0 Å². The molecule has 0 unspecified atom stereocenters. The Morgan fingerprint density at radius 1 is 1.33 bits per heavy atom. The van der Waals surface area contributed by atoms with Crippen LogP contribution in [0.3, 0.4) is 0 Å². The highest BCUT2D eigenvalue weighted by Crippen LogP contribution is 2.16. The van der Waals surface area contributed by atoms with E-state index in [0.29, 0.717) is 0 Å². The number of aromatic hydroxyl groups is 1. The Morgan fingerprint density at radius 2 is 2.00 bits per heavy atom. The van der Waals surface area contributed by atoms with Crippen molar-refractivity contribution in [2.24, 2.45) is 0 Å².